The van der Waals surface area contributed by atoms with Crippen LogP contribution in [0, 0.1) is 0 Å². The molecular formula is C15H25IN2OS2. The van der Waals surface area contributed by atoms with E-state index in [1.165, 1.54) is 4.90 Å². The SMILES string of the molecule is CCCSC(=NCCCOC)Nc1cccc(SC)c1.I. The van der Waals surface area contributed by atoms with Gasteiger partial charge in [0, 0.05) is 36.6 Å². The molecule has 0 saturated heterocycles. The number of benzene rings is 1. The smallest absolute Gasteiger partial charge is 0.161 e. The number of rotatable bonds is 8. The van der Waals surface area contributed by atoms with Crippen LogP contribution >= 0.6 is 47.5 Å². The molecule has 0 radical (unpaired) electrons. The van der Waals surface area contributed by atoms with Crippen LogP contribution in [0.4, 0.5) is 5.69 Å². The lowest BCUT2D eigenvalue weighted by Gasteiger charge is -2.10. The number of thioether (sulfide) groups is 2. The zero-order chi connectivity index (χ0) is 14.6. The third kappa shape index (κ3) is 9.65. The van der Waals surface area contributed by atoms with E-state index in [-0.39, 0.29) is 24.0 Å². The van der Waals surface area contributed by atoms with Crippen LogP contribution in [0.3, 0.4) is 0 Å². The Morgan fingerprint density at radius 1 is 1.38 bits per heavy atom. The van der Waals surface area contributed by atoms with Gasteiger partial charge in [-0.1, -0.05) is 24.8 Å². The van der Waals surface area contributed by atoms with Crippen molar-refractivity contribution in [2.45, 2.75) is 24.7 Å². The van der Waals surface area contributed by atoms with E-state index in [0.717, 1.165) is 42.6 Å². The third-order valence-electron chi connectivity index (χ3n) is 2.53. The summed E-state index contributed by atoms with van der Waals surface area (Å²) in [5, 5.41) is 4.43. The molecule has 0 atom stereocenters. The molecular weight excluding hydrogens is 415 g/mol. The molecule has 0 aliphatic carbocycles. The standard InChI is InChI=1S/C15H24N2OS2.HI/c1-4-11-20-15(16-9-6-10-18-2)17-13-7-5-8-14(12-13)19-3;/h5,7-8,12H,4,6,9-11H2,1-3H3,(H,16,17);1H. The van der Waals surface area contributed by atoms with Crippen LogP contribution in [0.25, 0.3) is 0 Å². The third-order valence-corrected chi connectivity index (χ3v) is 4.37. The van der Waals surface area contributed by atoms with Crippen LogP contribution in [-0.2, 0) is 4.74 Å². The second-order valence-corrected chi connectivity index (χ2v) is 6.20. The Morgan fingerprint density at radius 3 is 2.86 bits per heavy atom. The van der Waals surface area contributed by atoms with Crippen molar-refractivity contribution in [1.82, 2.24) is 0 Å². The number of amidine groups is 1. The van der Waals surface area contributed by atoms with Gasteiger partial charge in [-0.05, 0) is 37.3 Å². The molecule has 1 N–H and O–H groups in total. The predicted octanol–water partition coefficient (Wildman–Crippen LogP) is 4.97. The predicted molar refractivity (Wildman–Crippen MR) is 109 cm³/mol. The Hall–Kier alpha value is 0.0800. The van der Waals surface area contributed by atoms with Gasteiger partial charge in [-0.2, -0.15) is 0 Å². The van der Waals surface area contributed by atoms with E-state index in [0.29, 0.717) is 0 Å². The molecule has 0 aromatic heterocycles. The number of methoxy groups -OCH3 is 1. The van der Waals surface area contributed by atoms with Gasteiger partial charge in [-0.15, -0.1) is 35.7 Å². The van der Waals surface area contributed by atoms with E-state index in [4.69, 9.17) is 4.74 Å². The number of halogens is 1. The molecule has 0 bridgehead atoms. The molecule has 0 heterocycles. The number of hydrogen-bond donors (Lipinski definition) is 1. The number of hydrogen-bond acceptors (Lipinski definition) is 4. The molecule has 21 heavy (non-hydrogen) atoms. The fourth-order valence-electron chi connectivity index (χ4n) is 1.53. The quantitative estimate of drug-likeness (QED) is 0.203. The lowest BCUT2D eigenvalue weighted by molar-refractivity contribution is 0.197. The van der Waals surface area contributed by atoms with Gasteiger partial charge in [0.25, 0.3) is 0 Å². The minimum Gasteiger partial charge on any atom is -0.385 e. The van der Waals surface area contributed by atoms with Gasteiger partial charge in [0.05, 0.1) is 0 Å². The summed E-state index contributed by atoms with van der Waals surface area (Å²) in [6.07, 6.45) is 4.19. The highest BCUT2D eigenvalue weighted by Gasteiger charge is 2.02. The van der Waals surface area contributed by atoms with Gasteiger partial charge in [-0.25, -0.2) is 0 Å². The van der Waals surface area contributed by atoms with Gasteiger partial charge in [0.2, 0.25) is 0 Å². The Morgan fingerprint density at radius 2 is 2.19 bits per heavy atom. The zero-order valence-electron chi connectivity index (χ0n) is 12.9. The highest BCUT2D eigenvalue weighted by atomic mass is 127. The maximum Gasteiger partial charge on any atom is 0.161 e. The number of nitrogens with one attached hydrogen (secondary N) is 1. The molecule has 0 aliphatic heterocycles. The van der Waals surface area contributed by atoms with E-state index in [9.17, 15) is 0 Å². The first-order valence-corrected chi connectivity index (χ1v) is 9.08. The lowest BCUT2D eigenvalue weighted by atomic mass is 10.3. The van der Waals surface area contributed by atoms with Crippen molar-refractivity contribution in [1.29, 1.82) is 0 Å². The molecule has 3 nitrogen and oxygen atoms in total. The Labute approximate surface area is 154 Å². The van der Waals surface area contributed by atoms with E-state index in [2.05, 4.69) is 47.8 Å². The second kappa shape index (κ2) is 13.7. The van der Waals surface area contributed by atoms with Crippen LogP contribution in [0.15, 0.2) is 34.2 Å². The first-order valence-electron chi connectivity index (χ1n) is 6.87. The van der Waals surface area contributed by atoms with Crippen molar-refractivity contribution in [3.63, 3.8) is 0 Å². The van der Waals surface area contributed by atoms with Crippen LogP contribution in [0.5, 0.6) is 0 Å². The van der Waals surface area contributed by atoms with Crippen molar-refractivity contribution in [2.24, 2.45) is 4.99 Å². The Balaban J connectivity index is 0.00000400. The first-order chi connectivity index (χ1) is 9.80. The van der Waals surface area contributed by atoms with E-state index in [1.54, 1.807) is 30.6 Å². The largest absolute Gasteiger partial charge is 0.385 e. The van der Waals surface area contributed by atoms with Crippen molar-refractivity contribution >= 4 is 58.4 Å². The first kappa shape index (κ1) is 21.1. The lowest BCUT2D eigenvalue weighted by Crippen LogP contribution is -2.10. The zero-order valence-corrected chi connectivity index (χ0v) is 16.9. The number of nitrogens with zero attached hydrogens (tertiary/aromatic N) is 1. The van der Waals surface area contributed by atoms with Gasteiger partial charge >= 0.3 is 0 Å². The summed E-state index contributed by atoms with van der Waals surface area (Å²) in [7, 11) is 1.72. The highest BCUT2D eigenvalue weighted by Crippen LogP contribution is 2.20. The van der Waals surface area contributed by atoms with Crippen molar-refractivity contribution in [3.8, 4) is 0 Å². The maximum absolute atomic E-state index is 5.05. The summed E-state index contributed by atoms with van der Waals surface area (Å²) >= 11 is 3.53. The molecule has 120 valence electrons. The molecule has 0 fully saturated rings. The second-order valence-electron chi connectivity index (χ2n) is 4.24. The van der Waals surface area contributed by atoms with Crippen LogP contribution < -0.4 is 5.32 Å². The molecule has 0 unspecified atom stereocenters. The monoisotopic (exact) mass is 440 g/mol. The molecule has 1 aromatic rings. The number of aliphatic imine (C=N–C) groups is 1. The highest BCUT2D eigenvalue weighted by molar-refractivity contribution is 14.0. The number of ether oxygens (including phenoxy) is 1. The van der Waals surface area contributed by atoms with E-state index in [1.807, 2.05) is 0 Å². The van der Waals surface area contributed by atoms with Gasteiger partial charge in [0.15, 0.2) is 5.17 Å². The average Bonchev–Trinajstić information content (AvgIpc) is 2.49. The van der Waals surface area contributed by atoms with Crippen LogP contribution in [0.1, 0.15) is 19.8 Å². The minimum atomic E-state index is 0. The summed E-state index contributed by atoms with van der Waals surface area (Å²) in [5.41, 5.74) is 1.10. The van der Waals surface area contributed by atoms with Gasteiger partial charge in [-0.3, -0.25) is 4.99 Å². The van der Waals surface area contributed by atoms with E-state index >= 15 is 0 Å². The summed E-state index contributed by atoms with van der Waals surface area (Å²) in [6, 6.07) is 8.42. The molecule has 0 amide bonds. The normalized spacial score (nSPS) is 11.1. The summed E-state index contributed by atoms with van der Waals surface area (Å²) < 4.78 is 5.05. The van der Waals surface area contributed by atoms with Crippen LogP contribution in [-0.4, -0.2) is 37.4 Å². The summed E-state index contributed by atoms with van der Waals surface area (Å²) in [4.78, 5) is 5.89. The fourth-order valence-corrected chi connectivity index (χ4v) is 2.76. The molecule has 1 rings (SSSR count). The van der Waals surface area contributed by atoms with E-state index < -0.39 is 0 Å². The summed E-state index contributed by atoms with van der Waals surface area (Å²) in [5.74, 6) is 1.08. The van der Waals surface area contributed by atoms with Crippen molar-refractivity contribution in [3.05, 3.63) is 24.3 Å². The average molecular weight is 440 g/mol. The maximum atomic E-state index is 5.05. The van der Waals surface area contributed by atoms with Crippen LogP contribution in [0.2, 0.25) is 0 Å². The number of anilines is 1. The topological polar surface area (TPSA) is 33.6 Å². The van der Waals surface area contributed by atoms with Gasteiger partial charge in [0.1, 0.15) is 0 Å². The molecule has 0 saturated carbocycles. The molecule has 0 aliphatic rings. The molecule has 6 heteroatoms. The molecule has 0 spiro atoms. The van der Waals surface area contributed by atoms with Crippen molar-refractivity contribution < 1.29 is 4.74 Å². The fraction of sp³-hybridized carbons (Fsp3) is 0.533. The summed E-state index contributed by atoms with van der Waals surface area (Å²) in [6.45, 7) is 3.75. The minimum absolute atomic E-state index is 0. The van der Waals surface area contributed by atoms with Gasteiger partial charge < -0.3 is 10.1 Å². The Bertz CT molecular complexity index is 416. The van der Waals surface area contributed by atoms with Crippen molar-refractivity contribution in [2.75, 3.05) is 37.6 Å². The molecule has 1 aromatic carbocycles. The Kier molecular flexibility index (Phi) is 13.8.